The third-order valence-electron chi connectivity index (χ3n) is 3.57. The van der Waals surface area contributed by atoms with E-state index < -0.39 is 39.3 Å². The van der Waals surface area contributed by atoms with Crippen molar-refractivity contribution in [1.82, 2.24) is 0 Å². The van der Waals surface area contributed by atoms with Gasteiger partial charge in [-0.15, -0.1) is 0 Å². The van der Waals surface area contributed by atoms with Crippen LogP contribution in [0.15, 0.2) is 0 Å². The van der Waals surface area contributed by atoms with Gasteiger partial charge in [-0.1, -0.05) is 27.2 Å². The maximum Gasteiger partial charge on any atom is 0.328 e. The molecule has 0 aromatic rings. The molecule has 0 heterocycles. The van der Waals surface area contributed by atoms with Gasteiger partial charge in [-0.25, -0.2) is 0 Å². The molecular formula is C13H24O7S. The van der Waals surface area contributed by atoms with Crippen LogP contribution in [0.1, 0.15) is 59.3 Å². The summed E-state index contributed by atoms with van der Waals surface area (Å²) >= 11 is 0. The number of hydrogen-bond acceptors (Lipinski definition) is 5. The van der Waals surface area contributed by atoms with Crippen molar-refractivity contribution in [3.63, 3.8) is 0 Å². The zero-order chi connectivity index (χ0) is 16.7. The summed E-state index contributed by atoms with van der Waals surface area (Å²) in [5.74, 6) is -2.71. The molecule has 1 unspecified atom stereocenters. The molecule has 2 N–H and O–H groups in total. The summed E-state index contributed by atoms with van der Waals surface area (Å²) in [7, 11) is -4.82. The SMILES string of the molecule is CCCCC(CC)(CC)OC(=O)C(CC(=O)O)S(=O)(=O)O. The van der Waals surface area contributed by atoms with Crippen molar-refractivity contribution in [1.29, 1.82) is 0 Å². The minimum absolute atomic E-state index is 0.487. The molecule has 0 amide bonds. The summed E-state index contributed by atoms with van der Waals surface area (Å²) in [6.45, 7) is 5.60. The second kappa shape index (κ2) is 8.33. The molecule has 0 aromatic heterocycles. The Kier molecular flexibility index (Phi) is 7.87. The second-order valence-corrected chi connectivity index (χ2v) is 6.62. The lowest BCUT2D eigenvalue weighted by Gasteiger charge is -2.32. The first kappa shape index (κ1) is 19.9. The fraction of sp³-hybridized carbons (Fsp3) is 0.846. The molecule has 0 bridgehead atoms. The zero-order valence-electron chi connectivity index (χ0n) is 12.7. The summed E-state index contributed by atoms with van der Waals surface area (Å²) in [5, 5.41) is 6.58. The van der Waals surface area contributed by atoms with E-state index in [0.717, 1.165) is 12.8 Å². The molecule has 1 atom stereocenters. The number of rotatable bonds is 10. The highest BCUT2D eigenvalue weighted by Gasteiger charge is 2.39. The molecule has 0 radical (unpaired) electrons. The summed E-state index contributed by atoms with van der Waals surface area (Å²) in [6, 6.07) is 0. The predicted molar refractivity (Wildman–Crippen MR) is 76.5 cm³/mol. The minimum atomic E-state index is -4.82. The number of hydrogen-bond donors (Lipinski definition) is 2. The molecular weight excluding hydrogens is 300 g/mol. The lowest BCUT2D eigenvalue weighted by atomic mass is 9.90. The van der Waals surface area contributed by atoms with Crippen LogP contribution in [-0.4, -0.2) is 40.9 Å². The molecule has 0 aliphatic heterocycles. The molecule has 0 saturated carbocycles. The summed E-state index contributed by atoms with van der Waals surface area (Å²) < 4.78 is 36.7. The van der Waals surface area contributed by atoms with E-state index in [4.69, 9.17) is 14.4 Å². The van der Waals surface area contributed by atoms with Gasteiger partial charge in [0, 0.05) is 0 Å². The summed E-state index contributed by atoms with van der Waals surface area (Å²) in [5.41, 5.74) is -0.825. The first-order valence-electron chi connectivity index (χ1n) is 7.02. The molecule has 7 nitrogen and oxygen atoms in total. The van der Waals surface area contributed by atoms with Gasteiger partial charge in [0.25, 0.3) is 10.1 Å². The van der Waals surface area contributed by atoms with E-state index in [-0.39, 0.29) is 0 Å². The Balaban J connectivity index is 5.21. The van der Waals surface area contributed by atoms with Crippen molar-refractivity contribution >= 4 is 22.1 Å². The van der Waals surface area contributed by atoms with Crippen molar-refractivity contribution < 1.29 is 32.4 Å². The largest absolute Gasteiger partial charge is 0.481 e. The van der Waals surface area contributed by atoms with Crippen LogP contribution < -0.4 is 0 Å². The Hall–Kier alpha value is -1.15. The quantitative estimate of drug-likeness (QED) is 0.466. The maximum atomic E-state index is 12.0. The van der Waals surface area contributed by atoms with Crippen LogP contribution in [0.2, 0.25) is 0 Å². The Morgan fingerprint density at radius 2 is 1.71 bits per heavy atom. The maximum absolute atomic E-state index is 12.0. The number of aliphatic carboxylic acids is 1. The van der Waals surface area contributed by atoms with Gasteiger partial charge in [-0.05, 0) is 25.7 Å². The summed E-state index contributed by atoms with van der Waals surface area (Å²) in [4.78, 5) is 22.7. The van der Waals surface area contributed by atoms with Crippen LogP contribution in [0, 0.1) is 0 Å². The van der Waals surface area contributed by atoms with Crippen molar-refractivity contribution in [3.8, 4) is 0 Å². The molecule has 0 aliphatic carbocycles. The minimum Gasteiger partial charge on any atom is -0.481 e. The van der Waals surface area contributed by atoms with Crippen molar-refractivity contribution in [2.75, 3.05) is 0 Å². The van der Waals surface area contributed by atoms with E-state index in [1.54, 1.807) is 0 Å². The van der Waals surface area contributed by atoms with Gasteiger partial charge in [0.15, 0.2) is 5.25 Å². The number of carboxylic acids is 1. The van der Waals surface area contributed by atoms with Crippen LogP contribution in [0.4, 0.5) is 0 Å². The van der Waals surface area contributed by atoms with Gasteiger partial charge in [-0.2, -0.15) is 8.42 Å². The number of ether oxygens (including phenoxy) is 1. The van der Waals surface area contributed by atoms with Crippen LogP contribution in [0.3, 0.4) is 0 Å². The van der Waals surface area contributed by atoms with Gasteiger partial charge in [-0.3, -0.25) is 14.1 Å². The molecule has 124 valence electrons. The third-order valence-corrected chi connectivity index (χ3v) is 4.65. The van der Waals surface area contributed by atoms with Gasteiger partial charge in [0.1, 0.15) is 5.60 Å². The number of esters is 1. The van der Waals surface area contributed by atoms with Crippen molar-refractivity contribution in [3.05, 3.63) is 0 Å². The van der Waals surface area contributed by atoms with Crippen LogP contribution in [0.5, 0.6) is 0 Å². The topological polar surface area (TPSA) is 118 Å². The first-order chi connectivity index (χ1) is 9.61. The van der Waals surface area contributed by atoms with E-state index in [0.29, 0.717) is 19.3 Å². The Morgan fingerprint density at radius 1 is 1.19 bits per heavy atom. The van der Waals surface area contributed by atoms with E-state index in [1.165, 1.54) is 0 Å². The number of carboxylic acid groups (broad SMARTS) is 1. The fourth-order valence-corrected chi connectivity index (χ4v) is 2.69. The van der Waals surface area contributed by atoms with Crippen LogP contribution >= 0.6 is 0 Å². The summed E-state index contributed by atoms with van der Waals surface area (Å²) in [6.07, 6.45) is 2.20. The molecule has 0 aliphatic rings. The van der Waals surface area contributed by atoms with E-state index in [1.807, 2.05) is 20.8 Å². The number of carbonyl (C=O) groups is 2. The molecule has 0 spiro atoms. The highest BCUT2D eigenvalue weighted by atomic mass is 32.2. The van der Waals surface area contributed by atoms with E-state index in [2.05, 4.69) is 0 Å². The van der Waals surface area contributed by atoms with E-state index in [9.17, 15) is 18.0 Å². The van der Waals surface area contributed by atoms with Gasteiger partial charge < -0.3 is 9.84 Å². The number of carbonyl (C=O) groups excluding carboxylic acids is 1. The smallest absolute Gasteiger partial charge is 0.328 e. The standard InChI is InChI=1S/C13H24O7S/c1-4-7-8-13(5-2,6-3)20-12(16)10(9-11(14)15)21(17,18)19/h10H,4-9H2,1-3H3,(H,14,15)(H,17,18,19). The van der Waals surface area contributed by atoms with Gasteiger partial charge in [0.2, 0.25) is 0 Å². The fourth-order valence-electron chi connectivity index (χ4n) is 2.05. The van der Waals surface area contributed by atoms with Crippen LogP contribution in [0.25, 0.3) is 0 Å². The second-order valence-electron chi connectivity index (χ2n) is 5.02. The van der Waals surface area contributed by atoms with Crippen molar-refractivity contribution in [2.24, 2.45) is 0 Å². The average Bonchev–Trinajstić information content (AvgIpc) is 2.39. The zero-order valence-corrected chi connectivity index (χ0v) is 13.5. The third kappa shape index (κ3) is 6.43. The predicted octanol–water partition coefficient (Wildman–Crippen LogP) is 2.01. The highest BCUT2D eigenvalue weighted by molar-refractivity contribution is 7.87. The van der Waals surface area contributed by atoms with Gasteiger partial charge >= 0.3 is 11.9 Å². The molecule has 0 saturated heterocycles. The lowest BCUT2D eigenvalue weighted by molar-refractivity contribution is -0.163. The van der Waals surface area contributed by atoms with Crippen molar-refractivity contribution in [2.45, 2.75) is 70.1 Å². The normalized spacial score (nSPS) is 13.7. The molecule has 8 heteroatoms. The van der Waals surface area contributed by atoms with Crippen LogP contribution in [-0.2, 0) is 24.4 Å². The first-order valence-corrected chi connectivity index (χ1v) is 8.53. The molecule has 0 aromatic carbocycles. The highest BCUT2D eigenvalue weighted by Crippen LogP contribution is 2.28. The molecule has 21 heavy (non-hydrogen) atoms. The Bertz CT molecular complexity index is 451. The number of unbranched alkanes of at least 4 members (excludes halogenated alkanes) is 1. The average molecular weight is 324 g/mol. The Labute approximate surface area is 125 Å². The molecule has 0 rings (SSSR count). The lowest BCUT2D eigenvalue weighted by Crippen LogP contribution is -2.41. The Morgan fingerprint density at radius 3 is 2.05 bits per heavy atom. The molecule has 0 fully saturated rings. The van der Waals surface area contributed by atoms with Gasteiger partial charge in [0.05, 0.1) is 6.42 Å². The monoisotopic (exact) mass is 324 g/mol. The van der Waals surface area contributed by atoms with E-state index >= 15 is 0 Å².